The van der Waals surface area contributed by atoms with Gasteiger partial charge in [0.2, 0.25) is 0 Å². The molecule has 1 aliphatic heterocycles. The topological polar surface area (TPSA) is 76.7 Å². The highest BCUT2D eigenvalue weighted by molar-refractivity contribution is 6.05. The highest BCUT2D eigenvalue weighted by atomic mass is 16.5. The van der Waals surface area contributed by atoms with Crippen LogP contribution in [-0.4, -0.2) is 37.7 Å². The molecule has 1 heterocycles. The molecule has 6 nitrogen and oxygen atoms in total. The first-order valence-corrected chi connectivity index (χ1v) is 9.20. The number of hydrogen-bond donors (Lipinski definition) is 2. The quantitative estimate of drug-likeness (QED) is 0.787. The molecule has 2 aromatic carbocycles. The SMILES string of the molecule is CCOc1cccc(C(=O)Nc2cccc(C(=O)NC[C@H]3CCCO3)c2)c1. The molecule has 2 aromatic rings. The largest absolute Gasteiger partial charge is 0.494 e. The zero-order valence-electron chi connectivity index (χ0n) is 15.4. The van der Waals surface area contributed by atoms with E-state index in [0.29, 0.717) is 35.7 Å². The van der Waals surface area contributed by atoms with Crippen molar-refractivity contribution in [3.8, 4) is 5.75 Å². The van der Waals surface area contributed by atoms with Crippen LogP contribution in [0.5, 0.6) is 5.75 Å². The molecule has 1 atom stereocenters. The van der Waals surface area contributed by atoms with Crippen LogP contribution in [0.15, 0.2) is 48.5 Å². The highest BCUT2D eigenvalue weighted by Crippen LogP contribution is 2.17. The lowest BCUT2D eigenvalue weighted by molar-refractivity contribution is 0.0857. The normalized spacial score (nSPS) is 16.0. The first-order chi connectivity index (χ1) is 13.2. The Balaban J connectivity index is 1.61. The van der Waals surface area contributed by atoms with Gasteiger partial charge in [0.1, 0.15) is 5.75 Å². The Bertz CT molecular complexity index is 800. The van der Waals surface area contributed by atoms with Crippen molar-refractivity contribution in [2.75, 3.05) is 25.1 Å². The Morgan fingerprint density at radius 1 is 1.11 bits per heavy atom. The van der Waals surface area contributed by atoms with Crippen molar-refractivity contribution < 1.29 is 19.1 Å². The summed E-state index contributed by atoms with van der Waals surface area (Å²) in [4.78, 5) is 24.8. The number of carbonyl (C=O) groups excluding carboxylic acids is 2. The molecule has 0 aromatic heterocycles. The maximum Gasteiger partial charge on any atom is 0.255 e. The van der Waals surface area contributed by atoms with Gasteiger partial charge in [-0.2, -0.15) is 0 Å². The summed E-state index contributed by atoms with van der Waals surface area (Å²) in [6.45, 7) is 3.68. The number of anilines is 1. The second-order valence-electron chi connectivity index (χ2n) is 6.34. The minimum Gasteiger partial charge on any atom is -0.494 e. The number of amides is 2. The van der Waals surface area contributed by atoms with Crippen LogP contribution in [0.25, 0.3) is 0 Å². The van der Waals surface area contributed by atoms with Crippen molar-refractivity contribution in [1.29, 1.82) is 0 Å². The van der Waals surface area contributed by atoms with E-state index in [-0.39, 0.29) is 17.9 Å². The van der Waals surface area contributed by atoms with Crippen molar-refractivity contribution in [1.82, 2.24) is 5.32 Å². The number of nitrogens with one attached hydrogen (secondary N) is 2. The summed E-state index contributed by atoms with van der Waals surface area (Å²) >= 11 is 0. The van der Waals surface area contributed by atoms with E-state index in [1.807, 2.05) is 6.92 Å². The Kier molecular flexibility index (Phi) is 6.44. The van der Waals surface area contributed by atoms with Crippen LogP contribution >= 0.6 is 0 Å². The molecule has 0 bridgehead atoms. The van der Waals surface area contributed by atoms with Gasteiger partial charge in [-0.25, -0.2) is 0 Å². The number of ether oxygens (including phenoxy) is 2. The molecule has 0 saturated carbocycles. The van der Waals surface area contributed by atoms with Crippen molar-refractivity contribution in [2.24, 2.45) is 0 Å². The molecule has 142 valence electrons. The maximum atomic E-state index is 12.5. The van der Waals surface area contributed by atoms with Crippen molar-refractivity contribution in [2.45, 2.75) is 25.9 Å². The Morgan fingerprint density at radius 3 is 2.63 bits per heavy atom. The molecular formula is C21H24N2O4. The van der Waals surface area contributed by atoms with E-state index in [9.17, 15) is 9.59 Å². The first kappa shape index (κ1) is 18.9. The van der Waals surface area contributed by atoms with Crippen LogP contribution in [-0.2, 0) is 4.74 Å². The average Bonchev–Trinajstić information content (AvgIpc) is 3.20. The van der Waals surface area contributed by atoms with Gasteiger partial charge in [0.15, 0.2) is 0 Å². The van der Waals surface area contributed by atoms with Gasteiger partial charge in [0.05, 0.1) is 12.7 Å². The molecule has 0 unspecified atom stereocenters. The number of carbonyl (C=O) groups is 2. The second kappa shape index (κ2) is 9.19. The lowest BCUT2D eigenvalue weighted by atomic mass is 10.1. The van der Waals surface area contributed by atoms with Gasteiger partial charge in [0, 0.05) is 30.0 Å². The Labute approximate surface area is 158 Å². The Hall–Kier alpha value is -2.86. The fraction of sp³-hybridized carbons (Fsp3) is 0.333. The van der Waals surface area contributed by atoms with E-state index in [4.69, 9.17) is 9.47 Å². The Morgan fingerprint density at radius 2 is 1.89 bits per heavy atom. The summed E-state index contributed by atoms with van der Waals surface area (Å²) < 4.78 is 10.9. The minimum atomic E-state index is -0.256. The fourth-order valence-electron chi connectivity index (χ4n) is 2.95. The van der Waals surface area contributed by atoms with Gasteiger partial charge in [-0.05, 0) is 56.2 Å². The van der Waals surface area contributed by atoms with Gasteiger partial charge in [0.25, 0.3) is 11.8 Å². The molecule has 1 aliphatic rings. The van der Waals surface area contributed by atoms with Gasteiger partial charge < -0.3 is 20.1 Å². The second-order valence-corrected chi connectivity index (χ2v) is 6.34. The molecule has 1 fully saturated rings. The molecule has 1 saturated heterocycles. The summed E-state index contributed by atoms with van der Waals surface area (Å²) in [5, 5.41) is 5.70. The molecule has 3 rings (SSSR count). The predicted molar refractivity (Wildman–Crippen MR) is 103 cm³/mol. The molecule has 27 heavy (non-hydrogen) atoms. The summed E-state index contributed by atoms with van der Waals surface area (Å²) in [5.41, 5.74) is 1.55. The first-order valence-electron chi connectivity index (χ1n) is 9.20. The minimum absolute atomic E-state index is 0.0921. The molecule has 6 heteroatoms. The highest BCUT2D eigenvalue weighted by Gasteiger charge is 2.17. The third-order valence-electron chi connectivity index (χ3n) is 4.30. The molecule has 0 radical (unpaired) electrons. The van der Waals surface area contributed by atoms with Gasteiger partial charge in [-0.3, -0.25) is 9.59 Å². The van der Waals surface area contributed by atoms with Crippen LogP contribution in [0.4, 0.5) is 5.69 Å². The van der Waals surface area contributed by atoms with Gasteiger partial charge >= 0.3 is 0 Å². The zero-order valence-corrected chi connectivity index (χ0v) is 15.4. The standard InChI is InChI=1S/C21H24N2O4/c1-2-26-18-9-4-7-16(13-18)21(25)23-17-8-3-6-15(12-17)20(24)22-14-19-10-5-11-27-19/h3-4,6-9,12-13,19H,2,5,10-11,14H2,1H3,(H,22,24)(H,23,25)/t19-/m1/s1. The van der Waals surface area contributed by atoms with Gasteiger partial charge in [-0.1, -0.05) is 12.1 Å². The maximum absolute atomic E-state index is 12.5. The average molecular weight is 368 g/mol. The summed E-state index contributed by atoms with van der Waals surface area (Å²) in [6.07, 6.45) is 2.10. The van der Waals surface area contributed by atoms with Crippen molar-refractivity contribution >= 4 is 17.5 Å². The predicted octanol–water partition coefficient (Wildman–Crippen LogP) is 3.25. The lowest BCUT2D eigenvalue weighted by Gasteiger charge is -2.12. The molecule has 2 N–H and O–H groups in total. The van der Waals surface area contributed by atoms with Crippen LogP contribution in [0, 0.1) is 0 Å². The molecule has 0 spiro atoms. The molecular weight excluding hydrogens is 344 g/mol. The van der Waals surface area contributed by atoms with Crippen LogP contribution in [0.2, 0.25) is 0 Å². The third-order valence-corrected chi connectivity index (χ3v) is 4.30. The van der Waals surface area contributed by atoms with E-state index >= 15 is 0 Å². The zero-order chi connectivity index (χ0) is 19.1. The van der Waals surface area contributed by atoms with E-state index in [0.717, 1.165) is 19.4 Å². The summed E-state index contributed by atoms with van der Waals surface area (Å²) in [6, 6.07) is 13.9. The third kappa shape index (κ3) is 5.31. The number of hydrogen-bond acceptors (Lipinski definition) is 4. The van der Waals surface area contributed by atoms with Crippen molar-refractivity contribution in [3.63, 3.8) is 0 Å². The fourth-order valence-corrected chi connectivity index (χ4v) is 2.95. The van der Waals surface area contributed by atoms with Crippen LogP contribution in [0.3, 0.4) is 0 Å². The number of benzene rings is 2. The smallest absolute Gasteiger partial charge is 0.255 e. The van der Waals surface area contributed by atoms with Crippen LogP contribution < -0.4 is 15.4 Å². The van der Waals surface area contributed by atoms with Gasteiger partial charge in [-0.15, -0.1) is 0 Å². The molecule has 2 amide bonds. The lowest BCUT2D eigenvalue weighted by Crippen LogP contribution is -2.31. The van der Waals surface area contributed by atoms with E-state index < -0.39 is 0 Å². The van der Waals surface area contributed by atoms with E-state index in [1.54, 1.807) is 48.5 Å². The van der Waals surface area contributed by atoms with E-state index in [2.05, 4.69) is 10.6 Å². The van der Waals surface area contributed by atoms with E-state index in [1.165, 1.54) is 0 Å². The number of rotatable bonds is 7. The van der Waals surface area contributed by atoms with Crippen molar-refractivity contribution in [3.05, 3.63) is 59.7 Å². The summed E-state index contributed by atoms with van der Waals surface area (Å²) in [7, 11) is 0. The monoisotopic (exact) mass is 368 g/mol. The molecule has 0 aliphatic carbocycles. The summed E-state index contributed by atoms with van der Waals surface area (Å²) in [5.74, 6) is 0.209. The van der Waals surface area contributed by atoms with Crippen LogP contribution in [0.1, 0.15) is 40.5 Å².